The molecule has 0 saturated heterocycles. The second-order valence-corrected chi connectivity index (χ2v) is 7.94. The summed E-state index contributed by atoms with van der Waals surface area (Å²) in [4.78, 5) is 15.4. The van der Waals surface area contributed by atoms with Gasteiger partial charge in [0, 0.05) is 34.0 Å². The van der Waals surface area contributed by atoms with Crippen LogP contribution in [-0.4, -0.2) is 9.91 Å². The molecule has 0 aliphatic heterocycles. The molecule has 1 aromatic heterocycles. The minimum atomic E-state index is -0.455. The molecule has 0 fully saturated rings. The van der Waals surface area contributed by atoms with Gasteiger partial charge in [0.2, 0.25) is 0 Å². The molecule has 2 aromatic rings. The molecule has 152 valence electrons. The Hall–Kier alpha value is -2.65. The number of hydrogen-bond donors (Lipinski definition) is 1. The van der Waals surface area contributed by atoms with Crippen LogP contribution in [0.15, 0.2) is 18.2 Å². The fourth-order valence-electron chi connectivity index (χ4n) is 4.05. The summed E-state index contributed by atoms with van der Waals surface area (Å²) < 4.78 is 0. The van der Waals surface area contributed by atoms with Gasteiger partial charge in [0.1, 0.15) is 17.5 Å². The highest BCUT2D eigenvalue weighted by Gasteiger charge is 2.23. The predicted molar refractivity (Wildman–Crippen MR) is 115 cm³/mol. The number of non-ortho nitro benzene ring substituents is 1. The lowest BCUT2D eigenvalue weighted by atomic mass is 9.88. The maximum Gasteiger partial charge on any atom is 0.270 e. The van der Waals surface area contributed by atoms with E-state index in [1.807, 2.05) is 0 Å². The van der Waals surface area contributed by atoms with E-state index in [9.17, 15) is 15.4 Å². The Kier molecular flexibility index (Phi) is 7.05. The summed E-state index contributed by atoms with van der Waals surface area (Å²) in [7, 11) is 0. The van der Waals surface area contributed by atoms with Crippen LogP contribution in [0.2, 0.25) is 5.02 Å². The number of hydrogen-bond acceptors (Lipinski definition) is 5. The minimum absolute atomic E-state index is 0.0643. The highest BCUT2D eigenvalue weighted by molar-refractivity contribution is 6.33. The Morgan fingerprint density at radius 2 is 1.69 bits per heavy atom. The van der Waals surface area contributed by atoms with Crippen molar-refractivity contribution in [2.45, 2.75) is 64.2 Å². The number of nitrogens with zero attached hydrogens (tertiary/aromatic N) is 3. The van der Waals surface area contributed by atoms with Crippen LogP contribution in [0.25, 0.3) is 11.1 Å². The Bertz CT molecular complexity index is 953. The van der Waals surface area contributed by atoms with Crippen molar-refractivity contribution in [1.82, 2.24) is 4.98 Å². The third kappa shape index (κ3) is 4.86. The number of aromatic nitrogens is 1. The van der Waals surface area contributed by atoms with E-state index in [0.29, 0.717) is 16.1 Å². The van der Waals surface area contributed by atoms with Gasteiger partial charge in [-0.05, 0) is 37.3 Å². The molecule has 0 unspecified atom stereocenters. The van der Waals surface area contributed by atoms with Crippen molar-refractivity contribution in [3.8, 4) is 17.2 Å². The van der Waals surface area contributed by atoms with Gasteiger partial charge >= 0.3 is 0 Å². The summed E-state index contributed by atoms with van der Waals surface area (Å²) in [6.45, 7) is 0. The van der Waals surface area contributed by atoms with Crippen LogP contribution in [0.1, 0.15) is 68.2 Å². The van der Waals surface area contributed by atoms with Crippen LogP contribution in [0.4, 0.5) is 11.5 Å². The summed E-state index contributed by atoms with van der Waals surface area (Å²) in [6.07, 6.45) is 10.7. The Balaban J connectivity index is 2.20. The molecular formula is C22H25ClN4O2. The number of benzene rings is 1. The zero-order valence-electron chi connectivity index (χ0n) is 16.4. The number of pyridine rings is 1. The first-order valence-electron chi connectivity index (χ1n) is 10.2. The number of nitriles is 1. The van der Waals surface area contributed by atoms with Gasteiger partial charge in [-0.25, -0.2) is 4.98 Å². The minimum Gasteiger partial charge on any atom is -0.383 e. The average Bonchev–Trinajstić information content (AvgIpc) is 2.69. The lowest BCUT2D eigenvalue weighted by Gasteiger charge is -2.19. The van der Waals surface area contributed by atoms with Crippen molar-refractivity contribution in [2.24, 2.45) is 0 Å². The van der Waals surface area contributed by atoms with Gasteiger partial charge in [0.05, 0.1) is 4.92 Å². The molecule has 0 amide bonds. The van der Waals surface area contributed by atoms with Crippen LogP contribution >= 0.6 is 11.6 Å². The standard InChI is InChI=1S/C22H25ClN4O2/c23-19-12-11-15(27(28)29)13-17(19)21-16-9-7-5-3-1-2-4-6-8-10-20(16)26-22(25)18(21)14-24/h11-13H,1-10H2,(H2,25,26). The zero-order valence-corrected chi connectivity index (χ0v) is 17.2. The van der Waals surface area contributed by atoms with Gasteiger partial charge in [-0.15, -0.1) is 0 Å². The second kappa shape index (κ2) is 9.71. The van der Waals surface area contributed by atoms with Gasteiger partial charge in [-0.3, -0.25) is 10.1 Å². The van der Waals surface area contributed by atoms with E-state index < -0.39 is 4.92 Å². The molecule has 0 radical (unpaired) electrons. The van der Waals surface area contributed by atoms with Crippen molar-refractivity contribution in [2.75, 3.05) is 5.73 Å². The fraction of sp³-hybridized carbons (Fsp3) is 0.455. The lowest BCUT2D eigenvalue weighted by molar-refractivity contribution is -0.384. The molecule has 1 aliphatic carbocycles. The molecule has 6 nitrogen and oxygen atoms in total. The van der Waals surface area contributed by atoms with Crippen molar-refractivity contribution >= 4 is 23.1 Å². The van der Waals surface area contributed by atoms with E-state index in [2.05, 4.69) is 11.1 Å². The van der Waals surface area contributed by atoms with Crippen molar-refractivity contribution < 1.29 is 4.92 Å². The number of nitro groups is 1. The van der Waals surface area contributed by atoms with Crippen LogP contribution in [0, 0.1) is 21.4 Å². The quantitative estimate of drug-likeness (QED) is 0.482. The Morgan fingerprint density at radius 1 is 1.07 bits per heavy atom. The monoisotopic (exact) mass is 412 g/mol. The molecule has 1 heterocycles. The first-order valence-corrected chi connectivity index (χ1v) is 10.6. The molecule has 29 heavy (non-hydrogen) atoms. The predicted octanol–water partition coefficient (Wildman–Crippen LogP) is 5.98. The first kappa shape index (κ1) is 21.1. The van der Waals surface area contributed by atoms with Crippen molar-refractivity contribution in [1.29, 1.82) is 5.26 Å². The van der Waals surface area contributed by atoms with Gasteiger partial charge in [-0.1, -0.05) is 50.1 Å². The lowest BCUT2D eigenvalue weighted by Crippen LogP contribution is -2.09. The van der Waals surface area contributed by atoms with E-state index in [0.717, 1.165) is 49.8 Å². The molecule has 0 saturated carbocycles. The first-order chi connectivity index (χ1) is 14.0. The molecular weight excluding hydrogens is 388 g/mol. The molecule has 1 aliphatic rings. The molecule has 2 N–H and O–H groups in total. The van der Waals surface area contributed by atoms with Gasteiger partial charge in [-0.2, -0.15) is 5.26 Å². The van der Waals surface area contributed by atoms with E-state index in [-0.39, 0.29) is 17.1 Å². The van der Waals surface area contributed by atoms with Crippen LogP contribution in [0.3, 0.4) is 0 Å². The fourth-order valence-corrected chi connectivity index (χ4v) is 4.26. The molecule has 0 spiro atoms. The number of nitrogen functional groups attached to an aromatic ring is 1. The molecule has 7 heteroatoms. The SMILES string of the molecule is N#Cc1c(N)nc2c(c1-c1cc([N+](=O)[O-])ccc1Cl)CCCCCCCCCC2. The molecule has 0 atom stereocenters. The van der Waals surface area contributed by atoms with E-state index in [1.165, 1.54) is 43.9 Å². The van der Waals surface area contributed by atoms with Crippen molar-refractivity contribution in [3.63, 3.8) is 0 Å². The van der Waals surface area contributed by atoms with Gasteiger partial charge < -0.3 is 5.73 Å². The summed E-state index contributed by atoms with van der Waals surface area (Å²) in [5, 5.41) is 21.5. The third-order valence-electron chi connectivity index (χ3n) is 5.54. The van der Waals surface area contributed by atoms with Crippen LogP contribution < -0.4 is 5.73 Å². The molecule has 1 aromatic carbocycles. The highest BCUT2D eigenvalue weighted by Crippen LogP contribution is 2.39. The summed E-state index contributed by atoms with van der Waals surface area (Å²) in [5.74, 6) is 0.163. The molecule has 3 rings (SSSR count). The summed E-state index contributed by atoms with van der Waals surface area (Å²) in [6, 6.07) is 6.48. The van der Waals surface area contributed by atoms with E-state index in [1.54, 1.807) is 0 Å². The smallest absolute Gasteiger partial charge is 0.270 e. The number of nitro benzene ring substituents is 1. The normalized spacial score (nSPS) is 15.4. The van der Waals surface area contributed by atoms with Gasteiger partial charge in [0.25, 0.3) is 5.69 Å². The Labute approximate surface area is 175 Å². The van der Waals surface area contributed by atoms with Crippen molar-refractivity contribution in [3.05, 3.63) is 50.2 Å². The Morgan fingerprint density at radius 3 is 2.31 bits per heavy atom. The van der Waals surface area contributed by atoms with E-state index in [4.69, 9.17) is 17.3 Å². The van der Waals surface area contributed by atoms with Gasteiger partial charge in [0.15, 0.2) is 0 Å². The summed E-state index contributed by atoms with van der Waals surface area (Å²) in [5.41, 5.74) is 9.27. The zero-order chi connectivity index (χ0) is 20.8. The maximum atomic E-state index is 11.3. The number of aryl methyl sites for hydroxylation is 1. The number of fused-ring (bicyclic) bond motifs is 1. The summed E-state index contributed by atoms with van der Waals surface area (Å²) >= 11 is 6.45. The number of rotatable bonds is 2. The number of anilines is 1. The number of halogens is 1. The topological polar surface area (TPSA) is 106 Å². The number of nitrogens with two attached hydrogens (primary N) is 1. The second-order valence-electron chi connectivity index (χ2n) is 7.53. The molecule has 0 bridgehead atoms. The highest BCUT2D eigenvalue weighted by atomic mass is 35.5. The third-order valence-corrected chi connectivity index (χ3v) is 5.87. The van der Waals surface area contributed by atoms with E-state index >= 15 is 0 Å². The van der Waals surface area contributed by atoms with Crippen LogP contribution in [-0.2, 0) is 12.8 Å². The average molecular weight is 413 g/mol. The maximum absolute atomic E-state index is 11.3. The largest absolute Gasteiger partial charge is 0.383 e. The van der Waals surface area contributed by atoms with Crippen LogP contribution in [0.5, 0.6) is 0 Å².